The van der Waals surface area contributed by atoms with Gasteiger partial charge in [0.05, 0.1) is 12.1 Å². The topological polar surface area (TPSA) is 44.1 Å². The molecule has 0 saturated heterocycles. The summed E-state index contributed by atoms with van der Waals surface area (Å²) < 4.78 is 6.75. The molecule has 2 aromatic carbocycles. The molecule has 0 fully saturated rings. The van der Waals surface area contributed by atoms with Crippen LogP contribution in [0.25, 0.3) is 33.1 Å². The van der Waals surface area contributed by atoms with Crippen molar-refractivity contribution < 1.29 is 9.53 Å². The second-order valence-electron chi connectivity index (χ2n) is 5.51. The Balaban J connectivity index is 2.01. The fraction of sp³-hybridized carbons (Fsp3) is 0.100. The van der Waals surface area contributed by atoms with Gasteiger partial charge in [0.25, 0.3) is 0 Å². The van der Waals surface area contributed by atoms with Crippen LogP contribution >= 0.6 is 0 Å². The first-order chi connectivity index (χ1) is 11.8. The third kappa shape index (κ3) is 2.24. The predicted octanol–water partition coefficient (Wildman–Crippen LogP) is 4.86. The van der Waals surface area contributed by atoms with Gasteiger partial charge in [-0.3, -0.25) is 0 Å². The smallest absolute Gasteiger partial charge is 0.420 e. The minimum Gasteiger partial charge on any atom is -0.449 e. The van der Waals surface area contributed by atoms with Gasteiger partial charge in [0.2, 0.25) is 0 Å². The zero-order valence-corrected chi connectivity index (χ0v) is 13.3. The molecule has 2 aromatic heterocycles. The lowest BCUT2D eigenvalue weighted by atomic mass is 10.1. The van der Waals surface area contributed by atoms with Crippen LogP contribution in [-0.2, 0) is 4.74 Å². The van der Waals surface area contributed by atoms with Crippen molar-refractivity contribution in [3.63, 3.8) is 0 Å². The van der Waals surface area contributed by atoms with Crippen LogP contribution in [0.15, 0.2) is 66.9 Å². The van der Waals surface area contributed by atoms with E-state index in [0.717, 1.165) is 27.4 Å². The number of carbonyl (C=O) groups excluding carboxylic acids is 1. The van der Waals surface area contributed by atoms with Gasteiger partial charge in [0, 0.05) is 22.5 Å². The molecule has 0 aliphatic carbocycles. The molecule has 0 aliphatic rings. The van der Waals surface area contributed by atoms with Crippen LogP contribution in [0.4, 0.5) is 4.79 Å². The summed E-state index contributed by atoms with van der Waals surface area (Å²) in [7, 11) is 0. The molecular weight excluding hydrogens is 300 g/mol. The van der Waals surface area contributed by atoms with Gasteiger partial charge in [0.1, 0.15) is 0 Å². The first-order valence-electron chi connectivity index (χ1n) is 7.91. The van der Waals surface area contributed by atoms with Gasteiger partial charge in [-0.1, -0.05) is 48.5 Å². The van der Waals surface area contributed by atoms with Crippen LogP contribution in [0.5, 0.6) is 0 Å². The van der Waals surface area contributed by atoms with E-state index in [1.165, 1.54) is 0 Å². The van der Waals surface area contributed by atoms with Crippen molar-refractivity contribution in [3.8, 4) is 11.1 Å². The molecule has 2 heterocycles. The normalized spacial score (nSPS) is 11.0. The van der Waals surface area contributed by atoms with Crippen molar-refractivity contribution in [1.82, 2.24) is 9.55 Å². The highest BCUT2D eigenvalue weighted by Gasteiger charge is 2.18. The van der Waals surface area contributed by atoms with Crippen molar-refractivity contribution in [2.24, 2.45) is 0 Å². The maximum absolute atomic E-state index is 12.4. The van der Waals surface area contributed by atoms with Gasteiger partial charge >= 0.3 is 6.09 Å². The summed E-state index contributed by atoms with van der Waals surface area (Å²) in [6.07, 6.45) is 1.40. The molecule has 0 saturated carbocycles. The average molecular weight is 316 g/mol. The highest BCUT2D eigenvalue weighted by atomic mass is 16.5. The Labute approximate surface area is 139 Å². The summed E-state index contributed by atoms with van der Waals surface area (Å²) in [6, 6.07) is 20.0. The summed E-state index contributed by atoms with van der Waals surface area (Å²) in [4.78, 5) is 16.9. The minimum absolute atomic E-state index is 0.328. The molecule has 0 bridgehead atoms. The van der Waals surface area contributed by atoms with Gasteiger partial charge in [0.15, 0.2) is 5.65 Å². The van der Waals surface area contributed by atoms with E-state index in [2.05, 4.69) is 11.1 Å². The lowest BCUT2D eigenvalue weighted by Gasteiger charge is -2.05. The second-order valence-corrected chi connectivity index (χ2v) is 5.51. The van der Waals surface area contributed by atoms with Crippen LogP contribution in [0.3, 0.4) is 0 Å². The third-order valence-corrected chi connectivity index (χ3v) is 4.07. The number of pyridine rings is 1. The number of nitrogens with zero attached hydrogens (tertiary/aromatic N) is 2. The predicted molar refractivity (Wildman–Crippen MR) is 95.1 cm³/mol. The molecule has 4 rings (SSSR count). The lowest BCUT2D eigenvalue weighted by Crippen LogP contribution is -2.13. The maximum Gasteiger partial charge on any atom is 0.420 e. The zero-order valence-electron chi connectivity index (χ0n) is 13.3. The highest BCUT2D eigenvalue weighted by molar-refractivity contribution is 6.11. The summed E-state index contributed by atoms with van der Waals surface area (Å²) in [6.45, 7) is 2.13. The summed E-state index contributed by atoms with van der Waals surface area (Å²) in [5.74, 6) is 0. The number of hydrogen-bond acceptors (Lipinski definition) is 3. The Morgan fingerprint density at radius 3 is 2.54 bits per heavy atom. The van der Waals surface area contributed by atoms with Crippen molar-refractivity contribution in [1.29, 1.82) is 0 Å². The van der Waals surface area contributed by atoms with Gasteiger partial charge in [-0.15, -0.1) is 0 Å². The number of para-hydroxylation sites is 1. The first kappa shape index (κ1) is 14.5. The molecule has 24 heavy (non-hydrogen) atoms. The first-order valence-corrected chi connectivity index (χ1v) is 7.91. The van der Waals surface area contributed by atoms with E-state index >= 15 is 0 Å². The molecule has 0 radical (unpaired) electrons. The van der Waals surface area contributed by atoms with Gasteiger partial charge in [-0.05, 0) is 24.6 Å². The Hall–Kier alpha value is -3.14. The molecule has 4 nitrogen and oxygen atoms in total. The third-order valence-electron chi connectivity index (χ3n) is 4.07. The van der Waals surface area contributed by atoms with E-state index < -0.39 is 6.09 Å². The largest absolute Gasteiger partial charge is 0.449 e. The number of benzene rings is 2. The molecule has 0 atom stereocenters. The molecule has 0 spiro atoms. The molecular formula is C20H16N2O2. The molecule has 4 heteroatoms. The lowest BCUT2D eigenvalue weighted by molar-refractivity contribution is 0.156. The van der Waals surface area contributed by atoms with E-state index in [1.54, 1.807) is 17.7 Å². The average Bonchev–Trinajstić information content (AvgIpc) is 2.96. The van der Waals surface area contributed by atoms with E-state index in [9.17, 15) is 4.79 Å². The maximum atomic E-state index is 12.4. The molecule has 0 unspecified atom stereocenters. The summed E-state index contributed by atoms with van der Waals surface area (Å²) >= 11 is 0. The number of ether oxygens (including phenoxy) is 1. The number of fused-ring (bicyclic) bond motifs is 3. The van der Waals surface area contributed by atoms with E-state index in [0.29, 0.717) is 12.3 Å². The monoisotopic (exact) mass is 316 g/mol. The number of carbonyl (C=O) groups is 1. The van der Waals surface area contributed by atoms with Crippen molar-refractivity contribution >= 4 is 28.0 Å². The molecule has 0 N–H and O–H groups in total. The standard InChI is InChI=1S/C20H16N2O2/c1-2-24-20(23)22-18-11-7-6-10-16(18)17-12-15(13-21-19(17)22)14-8-4-3-5-9-14/h3-13H,2H2,1H3. The fourth-order valence-corrected chi connectivity index (χ4v) is 3.01. The van der Waals surface area contributed by atoms with Crippen LogP contribution in [0, 0.1) is 0 Å². The Bertz CT molecular complexity index is 1040. The Morgan fingerprint density at radius 2 is 1.75 bits per heavy atom. The number of hydrogen-bond donors (Lipinski definition) is 0. The van der Waals surface area contributed by atoms with E-state index in [4.69, 9.17) is 4.74 Å². The summed E-state index contributed by atoms with van der Waals surface area (Å²) in [5.41, 5.74) is 3.55. The zero-order chi connectivity index (χ0) is 16.5. The van der Waals surface area contributed by atoms with E-state index in [-0.39, 0.29) is 0 Å². The Morgan fingerprint density at radius 1 is 1.00 bits per heavy atom. The van der Waals surface area contributed by atoms with Crippen LogP contribution < -0.4 is 0 Å². The van der Waals surface area contributed by atoms with Gasteiger partial charge in [-0.2, -0.15) is 0 Å². The number of rotatable bonds is 2. The quantitative estimate of drug-likeness (QED) is 0.530. The summed E-state index contributed by atoms with van der Waals surface area (Å²) in [5, 5.41) is 1.94. The molecule has 4 aromatic rings. The SMILES string of the molecule is CCOC(=O)n1c2ccccc2c2cc(-c3ccccc3)cnc21. The number of aromatic nitrogens is 2. The second kappa shape index (κ2) is 5.81. The van der Waals surface area contributed by atoms with Crippen LogP contribution in [0.2, 0.25) is 0 Å². The molecule has 0 amide bonds. The van der Waals surface area contributed by atoms with Crippen LogP contribution in [0.1, 0.15) is 6.92 Å². The fourth-order valence-electron chi connectivity index (χ4n) is 3.01. The van der Waals surface area contributed by atoms with E-state index in [1.807, 2.05) is 54.6 Å². The molecule has 0 aliphatic heterocycles. The van der Waals surface area contributed by atoms with Crippen molar-refractivity contribution in [3.05, 3.63) is 66.9 Å². The Kier molecular flexibility index (Phi) is 3.50. The van der Waals surface area contributed by atoms with Gasteiger partial charge in [-0.25, -0.2) is 14.3 Å². The van der Waals surface area contributed by atoms with Crippen molar-refractivity contribution in [2.75, 3.05) is 6.61 Å². The highest BCUT2D eigenvalue weighted by Crippen LogP contribution is 2.31. The van der Waals surface area contributed by atoms with Crippen LogP contribution in [-0.4, -0.2) is 22.3 Å². The minimum atomic E-state index is -0.399. The van der Waals surface area contributed by atoms with Crippen molar-refractivity contribution in [2.45, 2.75) is 6.92 Å². The molecule has 118 valence electrons. The van der Waals surface area contributed by atoms with Gasteiger partial charge < -0.3 is 4.74 Å².